The Hall–Kier alpha value is -2.08. The molecule has 0 N–H and O–H groups in total. The molecule has 1 saturated heterocycles. The first-order chi connectivity index (χ1) is 11.8. The summed E-state index contributed by atoms with van der Waals surface area (Å²) in [7, 11) is 0. The van der Waals surface area contributed by atoms with E-state index in [0.717, 1.165) is 24.3 Å². The molecule has 1 unspecified atom stereocenters. The summed E-state index contributed by atoms with van der Waals surface area (Å²) in [4.78, 5) is 18.5. The number of nitrogens with zero attached hydrogens (tertiary/aromatic N) is 2. The number of likely N-dealkylation sites (tertiary alicyclic amines) is 1. The molecule has 1 fully saturated rings. The van der Waals surface area contributed by atoms with Crippen molar-refractivity contribution in [3.63, 3.8) is 0 Å². The number of para-hydroxylation sites is 1. The lowest BCUT2D eigenvalue weighted by Crippen LogP contribution is -2.31. The van der Waals surface area contributed by atoms with Crippen molar-refractivity contribution in [3.8, 4) is 10.9 Å². The molecule has 0 aliphatic carbocycles. The van der Waals surface area contributed by atoms with E-state index in [1.54, 1.807) is 6.20 Å². The monoisotopic (exact) mass is 346 g/mol. The van der Waals surface area contributed by atoms with Gasteiger partial charge in [-0.05, 0) is 25.0 Å². The van der Waals surface area contributed by atoms with Crippen molar-refractivity contribution < 1.29 is 14.3 Å². The van der Waals surface area contributed by atoms with Crippen LogP contribution in [0.3, 0.4) is 0 Å². The number of hydrogen-bond acceptors (Lipinski definition) is 5. The van der Waals surface area contributed by atoms with Crippen molar-refractivity contribution in [1.29, 1.82) is 0 Å². The molecule has 1 atom stereocenters. The van der Waals surface area contributed by atoms with Crippen LogP contribution < -0.4 is 9.47 Å². The normalized spacial score (nSPS) is 17.0. The summed E-state index contributed by atoms with van der Waals surface area (Å²) in [6.45, 7) is 4.00. The second-order valence-corrected chi connectivity index (χ2v) is 6.56. The van der Waals surface area contributed by atoms with Crippen LogP contribution in [-0.2, 0) is 11.2 Å². The van der Waals surface area contributed by atoms with Crippen molar-refractivity contribution >= 4 is 17.2 Å². The first-order valence-corrected chi connectivity index (χ1v) is 9.19. The Morgan fingerprint density at radius 1 is 1.42 bits per heavy atom. The van der Waals surface area contributed by atoms with Crippen molar-refractivity contribution in [1.82, 2.24) is 9.88 Å². The van der Waals surface area contributed by atoms with E-state index >= 15 is 0 Å². The lowest BCUT2D eigenvalue weighted by Gasteiger charge is -2.17. The van der Waals surface area contributed by atoms with Gasteiger partial charge >= 0.3 is 0 Å². The van der Waals surface area contributed by atoms with Gasteiger partial charge in [0.05, 0.1) is 13.2 Å². The SMILES string of the molecule is CCOc1ccccc1CCC(=O)N1CCC(Oc2nccs2)C1. The molecule has 1 aromatic carbocycles. The fourth-order valence-corrected chi connectivity index (χ4v) is 3.42. The maximum Gasteiger partial charge on any atom is 0.273 e. The van der Waals surface area contributed by atoms with Crippen molar-refractivity contribution in [2.75, 3.05) is 19.7 Å². The molecule has 1 aliphatic rings. The van der Waals surface area contributed by atoms with Gasteiger partial charge in [-0.3, -0.25) is 4.79 Å². The first-order valence-electron chi connectivity index (χ1n) is 8.31. The maximum absolute atomic E-state index is 12.5. The highest BCUT2D eigenvalue weighted by Crippen LogP contribution is 2.23. The minimum atomic E-state index is 0.0517. The second-order valence-electron chi connectivity index (χ2n) is 5.71. The number of aromatic nitrogens is 1. The van der Waals surface area contributed by atoms with E-state index in [1.807, 2.05) is 41.5 Å². The van der Waals surface area contributed by atoms with Gasteiger partial charge in [0, 0.05) is 31.0 Å². The van der Waals surface area contributed by atoms with Crippen LogP contribution in [0.4, 0.5) is 0 Å². The van der Waals surface area contributed by atoms with Crippen molar-refractivity contribution in [2.24, 2.45) is 0 Å². The third-order valence-electron chi connectivity index (χ3n) is 4.06. The average Bonchev–Trinajstić information content (AvgIpc) is 3.26. The van der Waals surface area contributed by atoms with Gasteiger partial charge in [0.15, 0.2) is 0 Å². The number of thiazole rings is 1. The Morgan fingerprint density at radius 3 is 3.08 bits per heavy atom. The molecule has 3 rings (SSSR count). The van der Waals surface area contributed by atoms with E-state index in [1.165, 1.54) is 11.3 Å². The third-order valence-corrected chi connectivity index (χ3v) is 4.72. The molecule has 1 aromatic heterocycles. The standard InChI is InChI=1S/C18H22N2O3S/c1-2-22-16-6-4-3-5-14(16)7-8-17(21)20-11-9-15(13-20)23-18-19-10-12-24-18/h3-6,10,12,15H,2,7-9,11,13H2,1H3. The first kappa shape index (κ1) is 16.8. The summed E-state index contributed by atoms with van der Waals surface area (Å²) in [5, 5.41) is 2.57. The number of hydrogen-bond donors (Lipinski definition) is 0. The van der Waals surface area contributed by atoms with Gasteiger partial charge in [0.1, 0.15) is 11.9 Å². The van der Waals surface area contributed by atoms with Gasteiger partial charge in [0.25, 0.3) is 5.19 Å². The summed E-state index contributed by atoms with van der Waals surface area (Å²) in [6.07, 6.45) is 3.84. The van der Waals surface area contributed by atoms with E-state index in [9.17, 15) is 4.79 Å². The number of amides is 1. The van der Waals surface area contributed by atoms with Crippen LogP contribution in [0, 0.1) is 0 Å². The summed E-state index contributed by atoms with van der Waals surface area (Å²) >= 11 is 1.48. The van der Waals surface area contributed by atoms with Crippen LogP contribution in [0.2, 0.25) is 0 Å². The van der Waals surface area contributed by atoms with Crippen molar-refractivity contribution in [2.45, 2.75) is 32.3 Å². The van der Waals surface area contributed by atoms with Gasteiger partial charge in [-0.25, -0.2) is 4.98 Å². The topological polar surface area (TPSA) is 51.7 Å². The summed E-state index contributed by atoms with van der Waals surface area (Å²) in [6, 6.07) is 7.92. The van der Waals surface area contributed by atoms with Crippen molar-refractivity contribution in [3.05, 3.63) is 41.4 Å². The Labute approximate surface area is 146 Å². The molecule has 2 aromatic rings. The fourth-order valence-electron chi connectivity index (χ4n) is 2.87. The summed E-state index contributed by atoms with van der Waals surface area (Å²) < 4.78 is 11.4. The van der Waals surface area contributed by atoms with Crippen LogP contribution in [0.5, 0.6) is 10.9 Å². The number of benzene rings is 1. The molecular weight excluding hydrogens is 324 g/mol. The Bertz CT molecular complexity index is 660. The predicted octanol–water partition coefficient (Wildman–Crippen LogP) is 3.15. The average molecular weight is 346 g/mol. The minimum absolute atomic E-state index is 0.0517. The molecule has 0 bridgehead atoms. The van der Waals surface area contributed by atoms with Crippen LogP contribution in [-0.4, -0.2) is 41.6 Å². The van der Waals surface area contributed by atoms with Crippen LogP contribution >= 0.6 is 11.3 Å². The fraction of sp³-hybridized carbons (Fsp3) is 0.444. The number of carbonyl (C=O) groups excluding carboxylic acids is 1. The van der Waals surface area contributed by atoms with E-state index in [-0.39, 0.29) is 12.0 Å². The maximum atomic E-state index is 12.5. The second kappa shape index (κ2) is 8.15. The van der Waals surface area contributed by atoms with Gasteiger partial charge in [0.2, 0.25) is 5.91 Å². The van der Waals surface area contributed by atoms with Gasteiger partial charge < -0.3 is 14.4 Å². The van der Waals surface area contributed by atoms with Gasteiger partial charge in [-0.1, -0.05) is 29.5 Å². The van der Waals surface area contributed by atoms with Gasteiger partial charge in [-0.2, -0.15) is 0 Å². The molecule has 2 heterocycles. The van der Waals surface area contributed by atoms with Crippen LogP contribution in [0.25, 0.3) is 0 Å². The molecule has 5 nitrogen and oxygen atoms in total. The molecule has 6 heteroatoms. The Kier molecular flexibility index (Phi) is 5.69. The Morgan fingerprint density at radius 2 is 2.29 bits per heavy atom. The van der Waals surface area contributed by atoms with E-state index in [0.29, 0.717) is 31.2 Å². The third kappa shape index (κ3) is 4.26. The molecule has 1 aliphatic heterocycles. The molecule has 0 saturated carbocycles. The number of ether oxygens (including phenoxy) is 2. The molecule has 1 amide bonds. The summed E-state index contributed by atoms with van der Waals surface area (Å²) in [5.74, 6) is 1.05. The largest absolute Gasteiger partial charge is 0.494 e. The van der Waals surface area contributed by atoms with Crippen LogP contribution in [0.1, 0.15) is 25.3 Å². The number of rotatable bonds is 7. The van der Waals surface area contributed by atoms with Crippen LogP contribution in [0.15, 0.2) is 35.8 Å². The zero-order valence-electron chi connectivity index (χ0n) is 13.8. The Balaban J connectivity index is 1.49. The highest BCUT2D eigenvalue weighted by Gasteiger charge is 2.27. The molecular formula is C18H22N2O3S. The highest BCUT2D eigenvalue weighted by atomic mass is 32.1. The quantitative estimate of drug-likeness (QED) is 0.773. The lowest BCUT2D eigenvalue weighted by atomic mass is 10.1. The molecule has 24 heavy (non-hydrogen) atoms. The predicted molar refractivity (Wildman–Crippen MR) is 93.7 cm³/mol. The number of carbonyl (C=O) groups is 1. The van der Waals surface area contributed by atoms with E-state index in [4.69, 9.17) is 9.47 Å². The zero-order chi connectivity index (χ0) is 16.8. The van der Waals surface area contributed by atoms with E-state index in [2.05, 4.69) is 4.98 Å². The minimum Gasteiger partial charge on any atom is -0.494 e. The smallest absolute Gasteiger partial charge is 0.273 e. The summed E-state index contributed by atoms with van der Waals surface area (Å²) in [5.41, 5.74) is 1.09. The molecule has 0 radical (unpaired) electrons. The number of aryl methyl sites for hydroxylation is 1. The molecule has 128 valence electrons. The molecule has 0 spiro atoms. The lowest BCUT2D eigenvalue weighted by molar-refractivity contribution is -0.130. The van der Waals surface area contributed by atoms with E-state index < -0.39 is 0 Å². The highest BCUT2D eigenvalue weighted by molar-refractivity contribution is 7.11. The van der Waals surface area contributed by atoms with Gasteiger partial charge in [-0.15, -0.1) is 0 Å². The zero-order valence-corrected chi connectivity index (χ0v) is 14.6.